The quantitative estimate of drug-likeness (QED) is 0.483. The molecule has 0 aliphatic rings. The summed E-state index contributed by atoms with van der Waals surface area (Å²) in [4.78, 5) is 12.1. The molecule has 2 nitrogen and oxygen atoms in total. The van der Waals surface area contributed by atoms with Gasteiger partial charge in [0.2, 0.25) is 0 Å². The van der Waals surface area contributed by atoms with Crippen molar-refractivity contribution in [1.29, 1.82) is 0 Å². The summed E-state index contributed by atoms with van der Waals surface area (Å²) in [6.07, 6.45) is 0. The van der Waals surface area contributed by atoms with Crippen LogP contribution in [0.3, 0.4) is 0 Å². The van der Waals surface area contributed by atoms with E-state index in [0.717, 1.165) is 21.5 Å². The summed E-state index contributed by atoms with van der Waals surface area (Å²) in [5.74, 6) is -0.343. The van der Waals surface area contributed by atoms with E-state index in [2.05, 4.69) is 0 Å². The van der Waals surface area contributed by atoms with Gasteiger partial charge in [0.1, 0.15) is 0 Å². The maximum absolute atomic E-state index is 12.1. The van der Waals surface area contributed by atoms with Gasteiger partial charge in [-0.3, -0.25) is 0 Å². The summed E-state index contributed by atoms with van der Waals surface area (Å²) in [6, 6.07) is 15.2. The van der Waals surface area contributed by atoms with Crippen LogP contribution in [0.25, 0.3) is 21.5 Å². The van der Waals surface area contributed by atoms with Gasteiger partial charge in [-0.1, -0.05) is 60.1 Å². The molecule has 0 aliphatic heterocycles. The van der Waals surface area contributed by atoms with E-state index in [4.69, 9.17) is 16.3 Å². The Hall–Kier alpha value is -2.06. The van der Waals surface area contributed by atoms with Crippen molar-refractivity contribution in [3.8, 4) is 0 Å². The summed E-state index contributed by atoms with van der Waals surface area (Å²) in [5, 5.41) is 4.03. The minimum absolute atomic E-state index is 0.343. The Balaban J connectivity index is 2.60. The molecule has 94 valence electrons. The highest BCUT2D eigenvalue weighted by Crippen LogP contribution is 2.36. The summed E-state index contributed by atoms with van der Waals surface area (Å²) >= 11 is 6.44. The minimum atomic E-state index is -0.343. The molecule has 0 amide bonds. The van der Waals surface area contributed by atoms with E-state index in [1.807, 2.05) is 48.5 Å². The predicted molar refractivity (Wildman–Crippen MR) is 77.8 cm³/mol. The van der Waals surface area contributed by atoms with E-state index in [1.165, 1.54) is 7.11 Å². The number of rotatable bonds is 1. The molecule has 3 heteroatoms. The van der Waals surface area contributed by atoms with Gasteiger partial charge >= 0.3 is 5.97 Å². The molecule has 0 fully saturated rings. The summed E-state index contributed by atoms with van der Waals surface area (Å²) in [6.45, 7) is 0. The lowest BCUT2D eigenvalue weighted by Crippen LogP contribution is -2.03. The van der Waals surface area contributed by atoms with E-state index in [-0.39, 0.29) is 5.97 Å². The van der Waals surface area contributed by atoms with Crippen molar-refractivity contribution in [2.45, 2.75) is 0 Å². The molecule has 0 saturated carbocycles. The van der Waals surface area contributed by atoms with Crippen LogP contribution in [0.4, 0.5) is 0 Å². The fourth-order valence-electron chi connectivity index (χ4n) is 2.40. The molecule has 19 heavy (non-hydrogen) atoms. The molecule has 0 aromatic heterocycles. The Morgan fingerprint density at radius 2 is 1.32 bits per heavy atom. The van der Waals surface area contributed by atoms with Crippen LogP contribution in [0.15, 0.2) is 48.5 Å². The average molecular weight is 271 g/mol. The number of hydrogen-bond donors (Lipinski definition) is 0. The molecule has 0 unspecified atom stereocenters. The zero-order chi connectivity index (χ0) is 13.4. The number of ether oxygens (including phenoxy) is 1. The van der Waals surface area contributed by atoms with Gasteiger partial charge in [-0.2, -0.15) is 0 Å². The average Bonchev–Trinajstić information content (AvgIpc) is 2.47. The molecular weight excluding hydrogens is 260 g/mol. The van der Waals surface area contributed by atoms with Crippen LogP contribution in [-0.2, 0) is 4.74 Å². The molecule has 0 N–H and O–H groups in total. The van der Waals surface area contributed by atoms with Crippen molar-refractivity contribution in [3.05, 3.63) is 59.1 Å². The Bertz CT molecular complexity index is 736. The summed E-state index contributed by atoms with van der Waals surface area (Å²) < 4.78 is 4.91. The van der Waals surface area contributed by atoms with Crippen LogP contribution in [-0.4, -0.2) is 13.1 Å². The number of hydrogen-bond acceptors (Lipinski definition) is 2. The van der Waals surface area contributed by atoms with Crippen LogP contribution in [0.5, 0.6) is 0 Å². The second-order valence-corrected chi connectivity index (χ2v) is 4.65. The lowest BCUT2D eigenvalue weighted by molar-refractivity contribution is 0.0605. The number of fused-ring (bicyclic) bond motifs is 2. The summed E-state index contributed by atoms with van der Waals surface area (Å²) in [7, 11) is 1.39. The molecule has 0 bridgehead atoms. The van der Waals surface area contributed by atoms with E-state index < -0.39 is 0 Å². The van der Waals surface area contributed by atoms with Crippen molar-refractivity contribution in [2.24, 2.45) is 0 Å². The molecular formula is C16H11ClO2. The molecule has 0 aliphatic carbocycles. The van der Waals surface area contributed by atoms with Crippen LogP contribution >= 0.6 is 11.6 Å². The first kappa shape index (κ1) is 12.0. The van der Waals surface area contributed by atoms with Crippen LogP contribution < -0.4 is 0 Å². The largest absolute Gasteiger partial charge is 0.465 e. The normalized spacial score (nSPS) is 10.8. The fourth-order valence-corrected chi connectivity index (χ4v) is 2.73. The van der Waals surface area contributed by atoms with Crippen LogP contribution in [0.2, 0.25) is 5.02 Å². The van der Waals surface area contributed by atoms with E-state index in [1.54, 1.807) is 0 Å². The van der Waals surface area contributed by atoms with Crippen molar-refractivity contribution >= 4 is 39.1 Å². The highest BCUT2D eigenvalue weighted by Gasteiger charge is 2.17. The number of halogens is 1. The third-order valence-corrected chi connectivity index (χ3v) is 3.66. The number of carbonyl (C=O) groups is 1. The molecule has 0 spiro atoms. The Morgan fingerprint density at radius 1 is 0.895 bits per heavy atom. The van der Waals surface area contributed by atoms with Gasteiger partial charge in [0, 0.05) is 10.8 Å². The second-order valence-electron chi connectivity index (χ2n) is 4.27. The highest BCUT2D eigenvalue weighted by molar-refractivity contribution is 6.42. The van der Waals surface area contributed by atoms with Gasteiger partial charge in [0.25, 0.3) is 0 Å². The Labute approximate surface area is 115 Å². The lowest BCUT2D eigenvalue weighted by Gasteiger charge is -2.11. The number of methoxy groups -OCH3 is 1. The summed E-state index contributed by atoms with van der Waals surface area (Å²) in [5.41, 5.74) is 0.568. The fraction of sp³-hybridized carbons (Fsp3) is 0.0625. The maximum atomic E-state index is 12.1. The van der Waals surface area contributed by atoms with Gasteiger partial charge in [-0.15, -0.1) is 0 Å². The number of benzene rings is 3. The molecule has 0 radical (unpaired) electrons. The molecule has 3 aromatic rings. The molecule has 0 heterocycles. The van der Waals surface area contributed by atoms with Gasteiger partial charge in [0.05, 0.1) is 17.7 Å². The zero-order valence-corrected chi connectivity index (χ0v) is 11.1. The highest BCUT2D eigenvalue weighted by atomic mass is 35.5. The molecule has 3 aromatic carbocycles. The topological polar surface area (TPSA) is 26.3 Å². The number of esters is 1. The SMILES string of the molecule is COC(=O)c1c2ccccc2c(Cl)c2ccccc12. The van der Waals surface area contributed by atoms with Crippen LogP contribution in [0.1, 0.15) is 10.4 Å². The monoisotopic (exact) mass is 270 g/mol. The molecule has 0 atom stereocenters. The van der Waals surface area contributed by atoms with Gasteiger partial charge in [-0.05, 0) is 10.8 Å². The number of carbonyl (C=O) groups excluding carboxylic acids is 1. The van der Waals surface area contributed by atoms with Crippen LogP contribution in [0, 0.1) is 0 Å². The first-order chi connectivity index (χ1) is 9.24. The Morgan fingerprint density at radius 3 is 1.74 bits per heavy atom. The molecule has 3 rings (SSSR count). The van der Waals surface area contributed by atoms with E-state index in [9.17, 15) is 4.79 Å². The van der Waals surface area contributed by atoms with Gasteiger partial charge in [0.15, 0.2) is 0 Å². The zero-order valence-electron chi connectivity index (χ0n) is 10.3. The standard InChI is InChI=1S/C16H11ClO2/c1-19-16(18)14-10-6-2-4-8-12(10)15(17)13-9-5-3-7-11(13)14/h2-9H,1H3. The minimum Gasteiger partial charge on any atom is -0.465 e. The maximum Gasteiger partial charge on any atom is 0.339 e. The van der Waals surface area contributed by atoms with Gasteiger partial charge < -0.3 is 4.74 Å². The lowest BCUT2D eigenvalue weighted by atomic mass is 9.97. The predicted octanol–water partition coefficient (Wildman–Crippen LogP) is 4.43. The Kier molecular flexibility index (Phi) is 2.88. The van der Waals surface area contributed by atoms with Crippen molar-refractivity contribution in [3.63, 3.8) is 0 Å². The van der Waals surface area contributed by atoms with Crippen molar-refractivity contribution in [1.82, 2.24) is 0 Å². The smallest absolute Gasteiger partial charge is 0.339 e. The van der Waals surface area contributed by atoms with Crippen molar-refractivity contribution in [2.75, 3.05) is 7.11 Å². The van der Waals surface area contributed by atoms with Gasteiger partial charge in [-0.25, -0.2) is 4.79 Å². The third-order valence-electron chi connectivity index (χ3n) is 3.26. The van der Waals surface area contributed by atoms with E-state index in [0.29, 0.717) is 10.6 Å². The molecule has 0 saturated heterocycles. The first-order valence-corrected chi connectivity index (χ1v) is 6.29. The second kappa shape index (κ2) is 4.56. The third kappa shape index (κ3) is 1.76. The van der Waals surface area contributed by atoms with E-state index >= 15 is 0 Å². The first-order valence-electron chi connectivity index (χ1n) is 5.91. The van der Waals surface area contributed by atoms with Crippen molar-refractivity contribution < 1.29 is 9.53 Å².